The standard InChI is InChI=1S/C13H19N5O/c14-9-11-4-6-16(10-11)7-8-18-13(19)17-5-2-1-3-12(17)15-18/h1-3,5,11H,4,6-10,14H2. The SMILES string of the molecule is NCC1CCN(CCn2nc3ccccn3c2=O)C1. The average molecular weight is 261 g/mol. The summed E-state index contributed by atoms with van der Waals surface area (Å²) in [6, 6.07) is 5.57. The fourth-order valence-electron chi connectivity index (χ4n) is 2.66. The Balaban J connectivity index is 1.69. The monoisotopic (exact) mass is 261 g/mol. The van der Waals surface area contributed by atoms with Gasteiger partial charge in [-0.2, -0.15) is 0 Å². The fourth-order valence-corrected chi connectivity index (χ4v) is 2.66. The molecule has 2 aromatic heterocycles. The molecule has 1 aliphatic rings. The van der Waals surface area contributed by atoms with Crippen LogP contribution in [0.15, 0.2) is 29.2 Å². The van der Waals surface area contributed by atoms with E-state index in [0.717, 1.165) is 32.6 Å². The molecule has 0 bridgehead atoms. The molecule has 0 aliphatic carbocycles. The van der Waals surface area contributed by atoms with E-state index in [1.807, 2.05) is 18.2 Å². The quantitative estimate of drug-likeness (QED) is 0.826. The van der Waals surface area contributed by atoms with Crippen molar-refractivity contribution in [3.05, 3.63) is 34.9 Å². The van der Waals surface area contributed by atoms with E-state index in [2.05, 4.69) is 10.00 Å². The first kappa shape index (κ1) is 12.4. The average Bonchev–Trinajstić information content (AvgIpc) is 3.02. The minimum Gasteiger partial charge on any atom is -0.330 e. The first-order valence-corrected chi connectivity index (χ1v) is 6.74. The highest BCUT2D eigenvalue weighted by Gasteiger charge is 2.21. The summed E-state index contributed by atoms with van der Waals surface area (Å²) in [7, 11) is 0. The zero-order valence-electron chi connectivity index (χ0n) is 10.9. The Hall–Kier alpha value is -1.66. The van der Waals surface area contributed by atoms with Crippen molar-refractivity contribution < 1.29 is 0 Å². The summed E-state index contributed by atoms with van der Waals surface area (Å²) in [4.78, 5) is 14.4. The number of nitrogens with zero attached hydrogens (tertiary/aromatic N) is 4. The summed E-state index contributed by atoms with van der Waals surface area (Å²) < 4.78 is 3.12. The number of hydrogen-bond donors (Lipinski definition) is 1. The van der Waals surface area contributed by atoms with Crippen LogP contribution in [0.25, 0.3) is 5.65 Å². The van der Waals surface area contributed by atoms with Crippen LogP contribution in [0, 0.1) is 5.92 Å². The van der Waals surface area contributed by atoms with Gasteiger partial charge in [0, 0.05) is 19.3 Å². The van der Waals surface area contributed by atoms with Crippen LogP contribution in [-0.2, 0) is 6.54 Å². The second kappa shape index (κ2) is 5.14. The van der Waals surface area contributed by atoms with Crippen molar-refractivity contribution in [2.24, 2.45) is 11.7 Å². The van der Waals surface area contributed by atoms with Gasteiger partial charge in [-0.3, -0.25) is 4.40 Å². The molecule has 3 heterocycles. The minimum atomic E-state index is -0.0647. The Bertz CT molecular complexity index is 617. The lowest BCUT2D eigenvalue weighted by molar-refractivity contribution is 0.302. The molecule has 2 N–H and O–H groups in total. The van der Waals surface area contributed by atoms with E-state index >= 15 is 0 Å². The van der Waals surface area contributed by atoms with Crippen LogP contribution < -0.4 is 11.4 Å². The van der Waals surface area contributed by atoms with Gasteiger partial charge in [0.2, 0.25) is 0 Å². The van der Waals surface area contributed by atoms with Crippen molar-refractivity contribution in [3.63, 3.8) is 0 Å². The maximum absolute atomic E-state index is 12.1. The third-order valence-electron chi connectivity index (χ3n) is 3.82. The molecule has 0 spiro atoms. The van der Waals surface area contributed by atoms with Gasteiger partial charge in [-0.25, -0.2) is 9.48 Å². The molecule has 6 nitrogen and oxygen atoms in total. The van der Waals surface area contributed by atoms with E-state index in [-0.39, 0.29) is 5.69 Å². The van der Waals surface area contributed by atoms with Crippen LogP contribution in [-0.4, -0.2) is 45.3 Å². The van der Waals surface area contributed by atoms with Gasteiger partial charge < -0.3 is 10.6 Å². The summed E-state index contributed by atoms with van der Waals surface area (Å²) in [5.41, 5.74) is 6.32. The molecule has 1 saturated heterocycles. The van der Waals surface area contributed by atoms with Gasteiger partial charge in [0.05, 0.1) is 6.54 Å². The van der Waals surface area contributed by atoms with Gasteiger partial charge >= 0.3 is 5.69 Å². The van der Waals surface area contributed by atoms with Crippen LogP contribution in [0.5, 0.6) is 0 Å². The second-order valence-electron chi connectivity index (χ2n) is 5.13. The van der Waals surface area contributed by atoms with E-state index in [0.29, 0.717) is 18.1 Å². The summed E-state index contributed by atoms with van der Waals surface area (Å²) in [5, 5.41) is 4.33. The number of nitrogens with two attached hydrogens (primary N) is 1. The molecule has 0 amide bonds. The summed E-state index contributed by atoms with van der Waals surface area (Å²) in [6.45, 7) is 4.37. The van der Waals surface area contributed by atoms with Crippen LogP contribution in [0.4, 0.5) is 0 Å². The zero-order chi connectivity index (χ0) is 13.2. The summed E-state index contributed by atoms with van der Waals surface area (Å²) >= 11 is 0. The minimum absolute atomic E-state index is 0.0647. The lowest BCUT2D eigenvalue weighted by atomic mass is 10.1. The number of aromatic nitrogens is 3. The maximum atomic E-state index is 12.1. The van der Waals surface area contributed by atoms with Gasteiger partial charge in [0.15, 0.2) is 5.65 Å². The number of fused-ring (bicyclic) bond motifs is 1. The summed E-state index contributed by atoms with van der Waals surface area (Å²) in [5.74, 6) is 0.609. The smallest absolute Gasteiger partial charge is 0.330 e. The van der Waals surface area contributed by atoms with Gasteiger partial charge in [0.1, 0.15) is 0 Å². The van der Waals surface area contributed by atoms with Crippen LogP contribution >= 0.6 is 0 Å². The van der Waals surface area contributed by atoms with Crippen molar-refractivity contribution in [2.45, 2.75) is 13.0 Å². The molecular weight excluding hydrogens is 242 g/mol. The van der Waals surface area contributed by atoms with Gasteiger partial charge in [-0.1, -0.05) is 6.07 Å². The Morgan fingerprint density at radius 1 is 1.37 bits per heavy atom. The number of rotatable bonds is 4. The molecular formula is C13H19N5O. The maximum Gasteiger partial charge on any atom is 0.350 e. The normalized spacial score (nSPS) is 20.4. The second-order valence-corrected chi connectivity index (χ2v) is 5.13. The molecule has 6 heteroatoms. The predicted octanol–water partition coefficient (Wildman–Crippen LogP) is -0.223. The van der Waals surface area contributed by atoms with Gasteiger partial charge in [-0.05, 0) is 37.6 Å². The Labute approximate surface area is 111 Å². The van der Waals surface area contributed by atoms with Gasteiger partial charge in [0.25, 0.3) is 0 Å². The van der Waals surface area contributed by atoms with Crippen molar-refractivity contribution in [1.29, 1.82) is 0 Å². The molecule has 3 rings (SSSR count). The van der Waals surface area contributed by atoms with Crippen LogP contribution in [0.1, 0.15) is 6.42 Å². The molecule has 0 radical (unpaired) electrons. The van der Waals surface area contributed by atoms with Crippen molar-refractivity contribution in [3.8, 4) is 0 Å². The first-order chi connectivity index (χ1) is 9.28. The third kappa shape index (κ3) is 2.41. The number of likely N-dealkylation sites (tertiary alicyclic amines) is 1. The fraction of sp³-hybridized carbons (Fsp3) is 0.538. The van der Waals surface area contributed by atoms with Crippen molar-refractivity contribution >= 4 is 5.65 Å². The number of hydrogen-bond acceptors (Lipinski definition) is 4. The van der Waals surface area contributed by atoms with Crippen LogP contribution in [0.3, 0.4) is 0 Å². The van der Waals surface area contributed by atoms with Crippen molar-refractivity contribution in [1.82, 2.24) is 19.1 Å². The lowest BCUT2D eigenvalue weighted by Crippen LogP contribution is -2.30. The molecule has 1 atom stereocenters. The van der Waals surface area contributed by atoms with E-state index in [9.17, 15) is 4.79 Å². The Morgan fingerprint density at radius 2 is 2.26 bits per heavy atom. The Morgan fingerprint density at radius 3 is 3.00 bits per heavy atom. The molecule has 1 aliphatic heterocycles. The van der Waals surface area contributed by atoms with Gasteiger partial charge in [-0.15, -0.1) is 5.10 Å². The van der Waals surface area contributed by atoms with Crippen LogP contribution in [0.2, 0.25) is 0 Å². The number of pyridine rings is 1. The highest BCUT2D eigenvalue weighted by molar-refractivity contribution is 5.35. The van der Waals surface area contributed by atoms with E-state index < -0.39 is 0 Å². The molecule has 1 fully saturated rings. The molecule has 19 heavy (non-hydrogen) atoms. The predicted molar refractivity (Wildman–Crippen MR) is 73.1 cm³/mol. The van der Waals surface area contributed by atoms with E-state index in [4.69, 9.17) is 5.73 Å². The van der Waals surface area contributed by atoms with E-state index in [1.54, 1.807) is 15.3 Å². The topological polar surface area (TPSA) is 68.6 Å². The highest BCUT2D eigenvalue weighted by atomic mass is 16.2. The molecule has 102 valence electrons. The highest BCUT2D eigenvalue weighted by Crippen LogP contribution is 2.14. The molecule has 0 aromatic carbocycles. The first-order valence-electron chi connectivity index (χ1n) is 6.74. The molecule has 2 aromatic rings. The van der Waals surface area contributed by atoms with Crippen molar-refractivity contribution in [2.75, 3.05) is 26.2 Å². The largest absolute Gasteiger partial charge is 0.350 e. The molecule has 1 unspecified atom stereocenters. The zero-order valence-corrected chi connectivity index (χ0v) is 10.9. The van der Waals surface area contributed by atoms with E-state index in [1.165, 1.54) is 0 Å². The summed E-state index contributed by atoms with van der Waals surface area (Å²) in [6.07, 6.45) is 2.91. The third-order valence-corrected chi connectivity index (χ3v) is 3.82. The lowest BCUT2D eigenvalue weighted by Gasteiger charge is -2.14. The molecule has 0 saturated carbocycles. The Kier molecular flexibility index (Phi) is 3.35.